The van der Waals surface area contributed by atoms with Crippen LogP contribution in [-0.4, -0.2) is 16.5 Å². The summed E-state index contributed by atoms with van der Waals surface area (Å²) in [7, 11) is 1.62. The van der Waals surface area contributed by atoms with Crippen molar-refractivity contribution in [1.82, 2.24) is 9.38 Å². The topological polar surface area (TPSA) is 59.6 Å². The van der Waals surface area contributed by atoms with E-state index in [1.165, 1.54) is 0 Å². The highest BCUT2D eigenvalue weighted by Gasteiger charge is 2.10. The van der Waals surface area contributed by atoms with Crippen molar-refractivity contribution in [1.29, 1.82) is 5.26 Å². The van der Waals surface area contributed by atoms with E-state index < -0.39 is 0 Å². The van der Waals surface area contributed by atoms with Gasteiger partial charge in [0, 0.05) is 22.4 Å². The van der Waals surface area contributed by atoms with Crippen molar-refractivity contribution in [2.75, 3.05) is 7.11 Å². The van der Waals surface area contributed by atoms with Gasteiger partial charge in [-0.3, -0.25) is 0 Å². The highest BCUT2D eigenvalue weighted by Crippen LogP contribution is 2.33. The number of halogens is 1. The Balaban J connectivity index is 1.57. The summed E-state index contributed by atoms with van der Waals surface area (Å²) in [5.41, 5.74) is 4.29. The van der Waals surface area contributed by atoms with E-state index in [2.05, 4.69) is 27.0 Å². The zero-order chi connectivity index (χ0) is 19.5. The lowest BCUT2D eigenvalue weighted by atomic mass is 10.1. The second-order valence-electron chi connectivity index (χ2n) is 6.20. The molecule has 4 aromatic rings. The normalized spacial score (nSPS) is 10.6. The summed E-state index contributed by atoms with van der Waals surface area (Å²) < 4.78 is 14.4. The van der Waals surface area contributed by atoms with Crippen molar-refractivity contribution in [3.63, 3.8) is 0 Å². The third-order valence-corrected chi connectivity index (χ3v) is 4.82. The van der Waals surface area contributed by atoms with Crippen LogP contribution in [0.4, 0.5) is 0 Å². The smallest absolute Gasteiger partial charge is 0.161 e. The Labute approximate surface area is 170 Å². The van der Waals surface area contributed by atoms with Gasteiger partial charge in [0.25, 0.3) is 0 Å². The molecule has 0 spiro atoms. The fraction of sp³-hybridized carbons (Fsp3) is 0.0909. The average molecular weight is 434 g/mol. The Morgan fingerprint density at radius 1 is 1.04 bits per heavy atom. The second-order valence-corrected chi connectivity index (χ2v) is 7.12. The molecule has 0 bridgehead atoms. The lowest BCUT2D eigenvalue weighted by Crippen LogP contribution is -1.98. The van der Waals surface area contributed by atoms with Gasteiger partial charge in [0.2, 0.25) is 0 Å². The summed E-state index contributed by atoms with van der Waals surface area (Å²) >= 11 is 3.47. The van der Waals surface area contributed by atoms with Crippen LogP contribution < -0.4 is 9.47 Å². The lowest BCUT2D eigenvalue weighted by Gasteiger charge is -2.12. The maximum atomic E-state index is 8.88. The second kappa shape index (κ2) is 7.75. The van der Waals surface area contributed by atoms with E-state index in [0.29, 0.717) is 23.7 Å². The molecule has 6 heteroatoms. The maximum absolute atomic E-state index is 8.88. The van der Waals surface area contributed by atoms with Crippen LogP contribution in [0.1, 0.15) is 11.1 Å². The van der Waals surface area contributed by atoms with Gasteiger partial charge in [-0.05, 0) is 64.0 Å². The van der Waals surface area contributed by atoms with Gasteiger partial charge in [-0.15, -0.1) is 0 Å². The van der Waals surface area contributed by atoms with Crippen LogP contribution in [0.15, 0.2) is 71.5 Å². The number of benzene rings is 2. The highest BCUT2D eigenvalue weighted by molar-refractivity contribution is 9.10. The predicted molar refractivity (Wildman–Crippen MR) is 110 cm³/mol. The van der Waals surface area contributed by atoms with E-state index in [0.717, 1.165) is 26.9 Å². The first-order valence-electron chi connectivity index (χ1n) is 8.61. The van der Waals surface area contributed by atoms with Crippen molar-refractivity contribution in [2.45, 2.75) is 6.61 Å². The zero-order valence-corrected chi connectivity index (χ0v) is 16.7. The van der Waals surface area contributed by atoms with Crippen LogP contribution in [0.2, 0.25) is 0 Å². The van der Waals surface area contributed by atoms with Gasteiger partial charge in [-0.25, -0.2) is 4.98 Å². The van der Waals surface area contributed by atoms with Crippen molar-refractivity contribution < 1.29 is 9.47 Å². The molecule has 0 atom stereocenters. The average Bonchev–Trinajstić information content (AvgIpc) is 3.15. The number of nitrogens with zero attached hydrogens (tertiary/aromatic N) is 3. The van der Waals surface area contributed by atoms with Gasteiger partial charge in [0.1, 0.15) is 12.3 Å². The van der Waals surface area contributed by atoms with E-state index in [1.54, 1.807) is 19.2 Å². The number of methoxy groups -OCH3 is 1. The molecule has 0 radical (unpaired) electrons. The number of ether oxygens (including phenoxy) is 2. The van der Waals surface area contributed by atoms with Crippen LogP contribution in [-0.2, 0) is 6.61 Å². The minimum Gasteiger partial charge on any atom is -0.493 e. The zero-order valence-electron chi connectivity index (χ0n) is 15.1. The Morgan fingerprint density at radius 3 is 2.61 bits per heavy atom. The molecule has 138 valence electrons. The molecule has 0 aliphatic rings. The van der Waals surface area contributed by atoms with Gasteiger partial charge in [0.05, 0.1) is 24.4 Å². The molecule has 0 saturated heterocycles. The molecule has 0 N–H and O–H groups in total. The van der Waals surface area contributed by atoms with E-state index >= 15 is 0 Å². The van der Waals surface area contributed by atoms with E-state index in [9.17, 15) is 0 Å². The molecule has 0 amide bonds. The number of imidazole rings is 1. The fourth-order valence-electron chi connectivity index (χ4n) is 2.89. The fourth-order valence-corrected chi connectivity index (χ4v) is 3.24. The number of fused-ring (bicyclic) bond motifs is 1. The SMILES string of the molecule is COc1cc(-c2cn3cc(Br)ccc3n2)ccc1OCc1ccc(C#N)cc1. The molecule has 2 aromatic carbocycles. The molecule has 0 unspecified atom stereocenters. The number of pyridine rings is 1. The summed E-state index contributed by atoms with van der Waals surface area (Å²) in [5.74, 6) is 1.30. The minimum atomic E-state index is 0.393. The first-order chi connectivity index (χ1) is 13.7. The quantitative estimate of drug-likeness (QED) is 0.432. The number of aromatic nitrogens is 2. The van der Waals surface area contributed by atoms with Crippen LogP contribution in [0.5, 0.6) is 11.5 Å². The molecule has 4 rings (SSSR count). The summed E-state index contributed by atoms with van der Waals surface area (Å²) in [5, 5.41) is 8.88. The van der Waals surface area contributed by atoms with E-state index in [-0.39, 0.29) is 0 Å². The molecule has 0 aliphatic heterocycles. The number of rotatable bonds is 5. The van der Waals surface area contributed by atoms with Crippen LogP contribution in [0.25, 0.3) is 16.9 Å². The molecule has 0 fully saturated rings. The van der Waals surface area contributed by atoms with E-state index in [1.807, 2.05) is 59.3 Å². The largest absolute Gasteiger partial charge is 0.493 e. The Hall–Kier alpha value is -3.30. The van der Waals surface area contributed by atoms with Crippen LogP contribution in [0, 0.1) is 11.3 Å². The molecule has 0 aliphatic carbocycles. The monoisotopic (exact) mass is 433 g/mol. The third kappa shape index (κ3) is 3.71. The molecular formula is C22H16BrN3O2. The highest BCUT2D eigenvalue weighted by atomic mass is 79.9. The van der Waals surface area contributed by atoms with Crippen molar-refractivity contribution in [2.24, 2.45) is 0 Å². The minimum absolute atomic E-state index is 0.393. The molecule has 0 saturated carbocycles. The standard InChI is InChI=1S/C22H16BrN3O2/c1-27-21-10-17(19-13-26-12-18(23)7-9-22(26)25-19)6-8-20(21)28-14-16-4-2-15(11-24)3-5-16/h2-10,12-13H,14H2,1H3. The van der Waals surface area contributed by atoms with Crippen molar-refractivity contribution >= 4 is 21.6 Å². The first-order valence-corrected chi connectivity index (χ1v) is 9.40. The molecule has 2 aromatic heterocycles. The molecule has 2 heterocycles. The number of nitriles is 1. The van der Waals surface area contributed by atoms with Gasteiger partial charge >= 0.3 is 0 Å². The summed E-state index contributed by atoms with van der Waals surface area (Å²) in [6.45, 7) is 0.393. The predicted octanol–water partition coefficient (Wildman–Crippen LogP) is 5.22. The van der Waals surface area contributed by atoms with Crippen molar-refractivity contribution in [3.8, 4) is 28.8 Å². The Morgan fingerprint density at radius 2 is 1.86 bits per heavy atom. The summed E-state index contributed by atoms with van der Waals surface area (Å²) in [6, 6.07) is 19.1. The van der Waals surface area contributed by atoms with Crippen LogP contribution >= 0.6 is 15.9 Å². The van der Waals surface area contributed by atoms with Crippen LogP contribution in [0.3, 0.4) is 0 Å². The number of hydrogen-bond donors (Lipinski definition) is 0. The maximum Gasteiger partial charge on any atom is 0.161 e. The third-order valence-electron chi connectivity index (χ3n) is 4.35. The van der Waals surface area contributed by atoms with Gasteiger partial charge in [-0.2, -0.15) is 5.26 Å². The summed E-state index contributed by atoms with van der Waals surface area (Å²) in [4.78, 5) is 4.66. The van der Waals surface area contributed by atoms with E-state index in [4.69, 9.17) is 14.7 Å². The lowest BCUT2D eigenvalue weighted by molar-refractivity contribution is 0.284. The molecular weight excluding hydrogens is 418 g/mol. The van der Waals surface area contributed by atoms with Gasteiger partial charge in [0.15, 0.2) is 11.5 Å². The number of hydrogen-bond acceptors (Lipinski definition) is 4. The first kappa shape index (κ1) is 18.1. The Kier molecular flexibility index (Phi) is 5.00. The summed E-state index contributed by atoms with van der Waals surface area (Å²) in [6.07, 6.45) is 3.95. The molecule has 5 nitrogen and oxygen atoms in total. The van der Waals surface area contributed by atoms with Crippen molar-refractivity contribution in [3.05, 3.63) is 82.6 Å². The van der Waals surface area contributed by atoms with Gasteiger partial charge in [-0.1, -0.05) is 12.1 Å². The molecule has 28 heavy (non-hydrogen) atoms. The Bertz CT molecular complexity index is 1180. The van der Waals surface area contributed by atoms with Gasteiger partial charge < -0.3 is 13.9 Å².